The van der Waals surface area contributed by atoms with Gasteiger partial charge in [-0.05, 0) is 23.1 Å². The van der Waals surface area contributed by atoms with Gasteiger partial charge in [0.15, 0.2) is 6.29 Å². The van der Waals surface area contributed by atoms with E-state index in [-0.39, 0.29) is 5.56 Å². The summed E-state index contributed by atoms with van der Waals surface area (Å²) in [5, 5.41) is 2.04. The van der Waals surface area contributed by atoms with Crippen LogP contribution >= 0.6 is 11.8 Å². The number of benzene rings is 1. The maximum Gasteiger partial charge on any atom is 0.153 e. The summed E-state index contributed by atoms with van der Waals surface area (Å²) < 4.78 is 13.0. The molecule has 3 heteroatoms. The van der Waals surface area contributed by atoms with E-state index in [1.165, 1.54) is 6.07 Å². The van der Waals surface area contributed by atoms with Crippen LogP contribution in [0.2, 0.25) is 0 Å². The van der Waals surface area contributed by atoms with Gasteiger partial charge < -0.3 is 0 Å². The zero-order valence-corrected chi connectivity index (χ0v) is 8.26. The van der Waals surface area contributed by atoms with Crippen LogP contribution in [0.1, 0.15) is 21.8 Å². The molecule has 1 aromatic carbocycles. The number of carbonyl (C=O) groups excluding carboxylic acids is 1. The first kappa shape index (κ1) is 9.46. The highest BCUT2D eigenvalue weighted by Gasteiger charge is 2.13. The van der Waals surface area contributed by atoms with E-state index in [1.54, 1.807) is 23.9 Å². The fraction of sp³-hybridized carbons (Fsp3) is 0.182. The maximum absolute atomic E-state index is 13.0. The second kappa shape index (κ2) is 3.96. The normalized spacial score (nSPS) is 19.9. The summed E-state index contributed by atoms with van der Waals surface area (Å²) in [6.45, 7) is 0. The van der Waals surface area contributed by atoms with Crippen molar-refractivity contribution >= 4 is 18.0 Å². The number of carbonyl (C=O) groups is 1. The molecular weight excluding hydrogens is 199 g/mol. The molecule has 0 aliphatic carbocycles. The zero-order chi connectivity index (χ0) is 9.97. The number of aldehydes is 1. The van der Waals surface area contributed by atoms with Crippen LogP contribution in [0, 0.1) is 5.82 Å². The lowest BCUT2D eigenvalue weighted by atomic mass is 9.99. The monoisotopic (exact) mass is 208 g/mol. The molecule has 0 saturated heterocycles. The Bertz CT molecular complexity index is 387. The molecule has 0 radical (unpaired) electrons. The Morgan fingerprint density at radius 3 is 3.00 bits per heavy atom. The molecular formula is C11H9FOS. The third-order valence-electron chi connectivity index (χ3n) is 2.26. The molecule has 1 nitrogen and oxygen atoms in total. The maximum atomic E-state index is 13.0. The Hall–Kier alpha value is -1.09. The molecule has 1 heterocycles. The van der Waals surface area contributed by atoms with E-state index in [2.05, 4.69) is 6.08 Å². The molecule has 2 rings (SSSR count). The molecule has 1 aliphatic heterocycles. The van der Waals surface area contributed by atoms with Crippen LogP contribution in [0.25, 0.3) is 0 Å². The van der Waals surface area contributed by atoms with Crippen molar-refractivity contribution < 1.29 is 9.18 Å². The summed E-state index contributed by atoms with van der Waals surface area (Å²) in [5.41, 5.74) is 1.16. The standard InChI is InChI=1S/C11H9FOS/c12-11-2-1-8(5-10(11)6-13)9-3-4-14-7-9/h1-6,9H,7H2. The van der Waals surface area contributed by atoms with Crippen LogP contribution in [0.4, 0.5) is 4.39 Å². The highest BCUT2D eigenvalue weighted by Crippen LogP contribution is 2.30. The van der Waals surface area contributed by atoms with Gasteiger partial charge >= 0.3 is 0 Å². The molecule has 0 aromatic heterocycles. The van der Waals surface area contributed by atoms with Crippen molar-refractivity contribution in [1.82, 2.24) is 0 Å². The summed E-state index contributed by atoms with van der Waals surface area (Å²) >= 11 is 1.73. The molecule has 72 valence electrons. The van der Waals surface area contributed by atoms with Crippen molar-refractivity contribution in [2.45, 2.75) is 5.92 Å². The SMILES string of the molecule is O=Cc1cc(C2C=CSC2)ccc1F. The highest BCUT2D eigenvalue weighted by atomic mass is 32.2. The first-order valence-corrected chi connectivity index (χ1v) is 5.39. The fourth-order valence-corrected chi connectivity index (χ4v) is 2.38. The molecule has 0 fully saturated rings. The minimum Gasteiger partial charge on any atom is -0.298 e. The summed E-state index contributed by atoms with van der Waals surface area (Å²) in [6.07, 6.45) is 2.64. The Kier molecular flexibility index (Phi) is 2.68. The Morgan fingerprint density at radius 2 is 2.36 bits per heavy atom. The van der Waals surface area contributed by atoms with Crippen molar-refractivity contribution in [2.24, 2.45) is 0 Å². The van der Waals surface area contributed by atoms with Crippen LogP contribution in [-0.2, 0) is 0 Å². The minimum absolute atomic E-state index is 0.146. The lowest BCUT2D eigenvalue weighted by molar-refractivity contribution is 0.111. The largest absolute Gasteiger partial charge is 0.298 e. The molecule has 0 saturated carbocycles. The van der Waals surface area contributed by atoms with Gasteiger partial charge in [0.25, 0.3) is 0 Å². The van der Waals surface area contributed by atoms with Gasteiger partial charge in [-0.3, -0.25) is 4.79 Å². The second-order valence-electron chi connectivity index (χ2n) is 3.17. The van der Waals surface area contributed by atoms with Crippen molar-refractivity contribution in [3.63, 3.8) is 0 Å². The van der Waals surface area contributed by atoms with E-state index < -0.39 is 5.82 Å². The number of thioether (sulfide) groups is 1. The molecule has 0 spiro atoms. The average Bonchev–Trinajstić information content (AvgIpc) is 2.71. The summed E-state index contributed by atoms with van der Waals surface area (Å²) in [4.78, 5) is 10.5. The molecule has 14 heavy (non-hydrogen) atoms. The number of rotatable bonds is 2. The van der Waals surface area contributed by atoms with E-state index in [1.807, 2.05) is 5.41 Å². The lowest BCUT2D eigenvalue weighted by Gasteiger charge is -2.07. The number of halogens is 1. The number of hydrogen-bond acceptors (Lipinski definition) is 2. The molecule has 1 aliphatic rings. The summed E-state index contributed by atoms with van der Waals surface area (Å²) in [5.74, 6) is 0.849. The Labute approximate surface area is 86.0 Å². The Morgan fingerprint density at radius 1 is 1.50 bits per heavy atom. The predicted octanol–water partition coefficient (Wildman–Crippen LogP) is 2.98. The van der Waals surface area contributed by atoms with Crippen LogP contribution in [0.5, 0.6) is 0 Å². The van der Waals surface area contributed by atoms with Crippen molar-refractivity contribution in [1.29, 1.82) is 0 Å². The van der Waals surface area contributed by atoms with Crippen LogP contribution in [-0.4, -0.2) is 12.0 Å². The third kappa shape index (κ3) is 1.73. The highest BCUT2D eigenvalue weighted by molar-refractivity contribution is 8.02. The molecule has 0 N–H and O–H groups in total. The van der Waals surface area contributed by atoms with E-state index in [9.17, 15) is 9.18 Å². The first-order valence-electron chi connectivity index (χ1n) is 4.34. The van der Waals surface area contributed by atoms with Gasteiger partial charge in [-0.25, -0.2) is 4.39 Å². The van der Waals surface area contributed by atoms with E-state index in [0.717, 1.165) is 11.3 Å². The van der Waals surface area contributed by atoms with Crippen LogP contribution in [0.3, 0.4) is 0 Å². The minimum atomic E-state index is -0.446. The summed E-state index contributed by atoms with van der Waals surface area (Å²) in [6, 6.07) is 4.72. The molecule has 1 atom stereocenters. The number of allylic oxidation sites excluding steroid dienone is 1. The van der Waals surface area contributed by atoms with Gasteiger partial charge in [0, 0.05) is 11.7 Å². The van der Waals surface area contributed by atoms with Crippen molar-refractivity contribution in [3.8, 4) is 0 Å². The van der Waals surface area contributed by atoms with Gasteiger partial charge in [-0.1, -0.05) is 12.1 Å². The van der Waals surface area contributed by atoms with Gasteiger partial charge in [0.2, 0.25) is 0 Å². The third-order valence-corrected chi connectivity index (χ3v) is 3.16. The molecule has 0 bridgehead atoms. The van der Waals surface area contributed by atoms with Crippen LogP contribution in [0.15, 0.2) is 29.7 Å². The molecule has 1 unspecified atom stereocenters. The predicted molar refractivity (Wildman–Crippen MR) is 56.1 cm³/mol. The van der Waals surface area contributed by atoms with Gasteiger partial charge in [0.05, 0.1) is 5.56 Å². The van der Waals surface area contributed by atoms with Crippen molar-refractivity contribution in [2.75, 3.05) is 5.75 Å². The fourth-order valence-electron chi connectivity index (χ4n) is 1.46. The summed E-state index contributed by atoms with van der Waals surface area (Å²) in [7, 11) is 0. The number of hydrogen-bond donors (Lipinski definition) is 0. The van der Waals surface area contributed by atoms with Gasteiger partial charge in [-0.2, -0.15) is 0 Å². The van der Waals surface area contributed by atoms with Gasteiger partial charge in [-0.15, -0.1) is 11.8 Å². The topological polar surface area (TPSA) is 17.1 Å². The lowest BCUT2D eigenvalue weighted by Crippen LogP contribution is -1.97. The van der Waals surface area contributed by atoms with E-state index in [0.29, 0.717) is 12.2 Å². The van der Waals surface area contributed by atoms with Crippen LogP contribution < -0.4 is 0 Å². The Balaban J connectivity index is 2.35. The molecule has 0 amide bonds. The zero-order valence-electron chi connectivity index (χ0n) is 7.44. The van der Waals surface area contributed by atoms with E-state index >= 15 is 0 Å². The molecule has 1 aromatic rings. The smallest absolute Gasteiger partial charge is 0.153 e. The van der Waals surface area contributed by atoms with Crippen molar-refractivity contribution in [3.05, 3.63) is 46.6 Å². The second-order valence-corrected chi connectivity index (χ2v) is 4.11. The quantitative estimate of drug-likeness (QED) is 0.695. The first-order chi connectivity index (χ1) is 6.81. The average molecular weight is 208 g/mol. The van der Waals surface area contributed by atoms with E-state index in [4.69, 9.17) is 0 Å². The van der Waals surface area contributed by atoms with Gasteiger partial charge in [0.1, 0.15) is 5.82 Å².